The van der Waals surface area contributed by atoms with Crippen LogP contribution in [0.4, 0.5) is 5.69 Å². The van der Waals surface area contributed by atoms with Gasteiger partial charge in [-0.2, -0.15) is 0 Å². The highest BCUT2D eigenvalue weighted by Gasteiger charge is 2.19. The number of fused-ring (bicyclic) bond motifs is 1. The molecular weight excluding hydrogens is 278 g/mol. The van der Waals surface area contributed by atoms with E-state index in [0.29, 0.717) is 12.6 Å². The lowest BCUT2D eigenvalue weighted by atomic mass is 10.1. The van der Waals surface area contributed by atoms with Crippen molar-refractivity contribution in [1.29, 1.82) is 0 Å². The molecule has 0 spiro atoms. The maximum Gasteiger partial charge on any atom is 0.126 e. The van der Waals surface area contributed by atoms with E-state index in [0.717, 1.165) is 48.8 Å². The number of H-pyrrole nitrogens is 1. The number of ether oxygens (including phenoxy) is 1. The molecule has 2 atom stereocenters. The van der Waals surface area contributed by atoms with Crippen molar-refractivity contribution in [1.82, 2.24) is 20.6 Å². The maximum atomic E-state index is 5.51. The highest BCUT2D eigenvalue weighted by atomic mass is 16.5. The summed E-state index contributed by atoms with van der Waals surface area (Å²) in [6, 6.07) is 7.04. The standard InChI is InChI=1S/C16H23N5O/c1-2-12(9-17-5-1)19-11-3-4-13-14(8-11)21-16(20-13)15-10-22-7-6-18-15/h3-4,8,12,15,17-19H,1-2,5-7,9-10H2,(H,20,21). The van der Waals surface area contributed by atoms with Crippen LogP contribution in [0, 0.1) is 0 Å². The third-order valence-electron chi connectivity index (χ3n) is 4.42. The van der Waals surface area contributed by atoms with Crippen molar-refractivity contribution in [3.8, 4) is 0 Å². The predicted octanol–water partition coefficient (Wildman–Crippen LogP) is 1.39. The summed E-state index contributed by atoms with van der Waals surface area (Å²) in [6.45, 7) is 4.51. The number of hydrogen-bond acceptors (Lipinski definition) is 5. The molecule has 6 nitrogen and oxygen atoms in total. The van der Waals surface area contributed by atoms with E-state index >= 15 is 0 Å². The first-order valence-electron chi connectivity index (χ1n) is 8.16. The second-order valence-corrected chi connectivity index (χ2v) is 6.12. The van der Waals surface area contributed by atoms with Gasteiger partial charge in [-0.15, -0.1) is 0 Å². The van der Waals surface area contributed by atoms with E-state index < -0.39 is 0 Å². The third kappa shape index (κ3) is 2.95. The zero-order valence-corrected chi connectivity index (χ0v) is 12.7. The first-order chi connectivity index (χ1) is 10.9. The van der Waals surface area contributed by atoms with Gasteiger partial charge in [-0.05, 0) is 37.6 Å². The molecule has 4 rings (SSSR count). The Hall–Kier alpha value is -1.63. The highest BCUT2D eigenvalue weighted by molar-refractivity contribution is 5.79. The Morgan fingerprint density at radius 3 is 3.09 bits per heavy atom. The van der Waals surface area contributed by atoms with E-state index in [2.05, 4.69) is 44.1 Å². The minimum atomic E-state index is 0.167. The van der Waals surface area contributed by atoms with E-state index in [1.54, 1.807) is 0 Å². The fourth-order valence-electron chi connectivity index (χ4n) is 3.24. The Labute approximate surface area is 130 Å². The number of imidazole rings is 1. The monoisotopic (exact) mass is 301 g/mol. The molecule has 3 heterocycles. The molecule has 1 aromatic carbocycles. The van der Waals surface area contributed by atoms with Gasteiger partial charge in [0, 0.05) is 24.8 Å². The minimum absolute atomic E-state index is 0.167. The van der Waals surface area contributed by atoms with E-state index in [4.69, 9.17) is 4.74 Å². The van der Waals surface area contributed by atoms with Crippen LogP contribution in [-0.2, 0) is 4.74 Å². The molecule has 0 radical (unpaired) electrons. The minimum Gasteiger partial charge on any atom is -0.381 e. The normalized spacial score (nSPS) is 26.2. The molecule has 2 aliphatic heterocycles. The molecule has 4 N–H and O–H groups in total. The van der Waals surface area contributed by atoms with Crippen LogP contribution in [0.3, 0.4) is 0 Å². The second kappa shape index (κ2) is 6.24. The summed E-state index contributed by atoms with van der Waals surface area (Å²) in [5.41, 5.74) is 3.25. The van der Waals surface area contributed by atoms with Crippen LogP contribution in [0.5, 0.6) is 0 Å². The third-order valence-corrected chi connectivity index (χ3v) is 4.42. The van der Waals surface area contributed by atoms with Crippen molar-refractivity contribution in [3.63, 3.8) is 0 Å². The molecule has 0 saturated carbocycles. The van der Waals surface area contributed by atoms with Crippen molar-refractivity contribution in [2.75, 3.05) is 38.2 Å². The van der Waals surface area contributed by atoms with Crippen LogP contribution in [-0.4, -0.2) is 48.9 Å². The number of rotatable bonds is 3. The molecule has 22 heavy (non-hydrogen) atoms. The lowest BCUT2D eigenvalue weighted by Gasteiger charge is -2.24. The molecule has 2 unspecified atom stereocenters. The van der Waals surface area contributed by atoms with Gasteiger partial charge in [-0.3, -0.25) is 0 Å². The van der Waals surface area contributed by atoms with Gasteiger partial charge in [0.2, 0.25) is 0 Å². The van der Waals surface area contributed by atoms with Crippen molar-refractivity contribution in [2.24, 2.45) is 0 Å². The Morgan fingerprint density at radius 2 is 2.27 bits per heavy atom. The van der Waals surface area contributed by atoms with Crippen LogP contribution in [0.15, 0.2) is 18.2 Å². The van der Waals surface area contributed by atoms with E-state index in [1.165, 1.54) is 12.8 Å². The lowest BCUT2D eigenvalue weighted by Crippen LogP contribution is -2.38. The Morgan fingerprint density at radius 1 is 1.27 bits per heavy atom. The van der Waals surface area contributed by atoms with Crippen LogP contribution in [0.1, 0.15) is 24.7 Å². The van der Waals surface area contributed by atoms with Gasteiger partial charge in [-0.25, -0.2) is 4.98 Å². The summed E-state index contributed by atoms with van der Waals surface area (Å²) in [6.07, 6.45) is 2.46. The van der Waals surface area contributed by atoms with Crippen LogP contribution in [0.25, 0.3) is 11.0 Å². The van der Waals surface area contributed by atoms with Crippen molar-refractivity contribution in [3.05, 3.63) is 24.0 Å². The topological polar surface area (TPSA) is 74.0 Å². The number of piperidine rings is 1. The molecule has 1 aromatic heterocycles. The number of aromatic nitrogens is 2. The number of benzene rings is 1. The van der Waals surface area contributed by atoms with Gasteiger partial charge in [0.15, 0.2) is 0 Å². The largest absolute Gasteiger partial charge is 0.381 e. The van der Waals surface area contributed by atoms with E-state index in [1.807, 2.05) is 0 Å². The van der Waals surface area contributed by atoms with Crippen molar-refractivity contribution < 1.29 is 4.74 Å². The quantitative estimate of drug-likeness (QED) is 0.689. The molecule has 118 valence electrons. The van der Waals surface area contributed by atoms with Gasteiger partial charge in [0.05, 0.1) is 30.3 Å². The molecule has 2 aliphatic rings. The number of nitrogens with one attached hydrogen (secondary N) is 4. The summed E-state index contributed by atoms with van der Waals surface area (Å²) < 4.78 is 5.51. The van der Waals surface area contributed by atoms with Crippen LogP contribution < -0.4 is 16.0 Å². The molecule has 0 aliphatic carbocycles. The molecule has 2 fully saturated rings. The first kappa shape index (κ1) is 14.0. The Bertz CT molecular complexity index is 628. The fourth-order valence-corrected chi connectivity index (χ4v) is 3.24. The van der Waals surface area contributed by atoms with Gasteiger partial charge in [0.1, 0.15) is 5.82 Å². The van der Waals surface area contributed by atoms with Crippen molar-refractivity contribution >= 4 is 16.7 Å². The predicted molar refractivity (Wildman–Crippen MR) is 87.2 cm³/mol. The lowest BCUT2D eigenvalue weighted by molar-refractivity contribution is 0.0746. The molecule has 0 amide bonds. The zero-order valence-electron chi connectivity index (χ0n) is 12.7. The summed E-state index contributed by atoms with van der Waals surface area (Å²) in [5, 5.41) is 10.5. The van der Waals surface area contributed by atoms with Gasteiger partial charge in [0.25, 0.3) is 0 Å². The number of nitrogens with zero attached hydrogens (tertiary/aromatic N) is 1. The first-order valence-corrected chi connectivity index (χ1v) is 8.16. The molecular formula is C16H23N5O. The molecule has 2 saturated heterocycles. The van der Waals surface area contributed by atoms with Crippen molar-refractivity contribution in [2.45, 2.75) is 24.9 Å². The summed E-state index contributed by atoms with van der Waals surface area (Å²) in [4.78, 5) is 8.12. The average molecular weight is 301 g/mol. The number of hydrogen-bond donors (Lipinski definition) is 4. The second-order valence-electron chi connectivity index (χ2n) is 6.12. The molecule has 2 aromatic rings. The number of anilines is 1. The average Bonchev–Trinajstić information content (AvgIpc) is 3.00. The number of morpholine rings is 1. The summed E-state index contributed by atoms with van der Waals surface area (Å²) in [7, 11) is 0. The molecule has 6 heteroatoms. The smallest absolute Gasteiger partial charge is 0.126 e. The summed E-state index contributed by atoms with van der Waals surface area (Å²) >= 11 is 0. The van der Waals surface area contributed by atoms with Gasteiger partial charge >= 0.3 is 0 Å². The van der Waals surface area contributed by atoms with E-state index in [9.17, 15) is 0 Å². The SMILES string of the molecule is c1cc2nc(C3COCCN3)[nH]c2cc1NC1CCCNC1. The van der Waals surface area contributed by atoms with E-state index in [-0.39, 0.29) is 6.04 Å². The summed E-state index contributed by atoms with van der Waals surface area (Å²) in [5.74, 6) is 0.964. The maximum absolute atomic E-state index is 5.51. The van der Waals surface area contributed by atoms with Gasteiger partial charge in [-0.1, -0.05) is 0 Å². The van der Waals surface area contributed by atoms with Crippen LogP contribution in [0.2, 0.25) is 0 Å². The number of aromatic amines is 1. The Kier molecular flexibility index (Phi) is 3.97. The van der Waals surface area contributed by atoms with Gasteiger partial charge < -0.3 is 25.7 Å². The van der Waals surface area contributed by atoms with Crippen LogP contribution >= 0.6 is 0 Å². The fraction of sp³-hybridized carbons (Fsp3) is 0.562. The highest BCUT2D eigenvalue weighted by Crippen LogP contribution is 2.22. The molecule has 0 bridgehead atoms. The zero-order chi connectivity index (χ0) is 14.8. The Balaban J connectivity index is 1.52.